The second kappa shape index (κ2) is 8.28. The fourth-order valence-electron chi connectivity index (χ4n) is 1.82. The molecule has 0 aliphatic heterocycles. The molecule has 23 heavy (non-hydrogen) atoms. The molecule has 0 aliphatic carbocycles. The standard InChI is InChI=1S/C14H14F3N3OS.ClH/c15-14(16,17)10-3-1-2-9(6-10)7-11-8-19-13(22-11)20-12(21)4-5-18;/h1-3,6,8H,4-5,7,18H2,(H,19,20,21);1H. The number of carbonyl (C=O) groups is 1. The third-order valence-corrected chi connectivity index (χ3v) is 3.72. The number of alkyl halides is 3. The van der Waals surface area contributed by atoms with Gasteiger partial charge in [-0.1, -0.05) is 18.2 Å². The van der Waals surface area contributed by atoms with E-state index in [1.807, 2.05) is 0 Å². The van der Waals surface area contributed by atoms with Crippen LogP contribution in [-0.4, -0.2) is 17.4 Å². The summed E-state index contributed by atoms with van der Waals surface area (Å²) in [5, 5.41) is 3.01. The van der Waals surface area contributed by atoms with Crippen LogP contribution in [0.5, 0.6) is 0 Å². The summed E-state index contributed by atoms with van der Waals surface area (Å²) in [6, 6.07) is 5.16. The smallest absolute Gasteiger partial charge is 0.330 e. The van der Waals surface area contributed by atoms with Gasteiger partial charge in [0, 0.05) is 30.5 Å². The van der Waals surface area contributed by atoms with E-state index < -0.39 is 11.7 Å². The molecule has 2 rings (SSSR count). The lowest BCUT2D eigenvalue weighted by Crippen LogP contribution is -2.15. The van der Waals surface area contributed by atoms with Gasteiger partial charge >= 0.3 is 6.18 Å². The second-order valence-corrected chi connectivity index (χ2v) is 5.71. The highest BCUT2D eigenvalue weighted by atomic mass is 35.5. The number of amides is 1. The first-order valence-corrected chi connectivity index (χ1v) is 7.31. The van der Waals surface area contributed by atoms with E-state index in [0.717, 1.165) is 17.0 Å². The lowest BCUT2D eigenvalue weighted by molar-refractivity contribution is -0.137. The van der Waals surface area contributed by atoms with E-state index in [1.165, 1.54) is 17.4 Å². The van der Waals surface area contributed by atoms with E-state index in [-0.39, 0.29) is 31.3 Å². The first-order chi connectivity index (χ1) is 10.4. The van der Waals surface area contributed by atoms with Crippen molar-refractivity contribution in [1.82, 2.24) is 4.98 Å². The van der Waals surface area contributed by atoms with E-state index >= 15 is 0 Å². The van der Waals surface area contributed by atoms with Gasteiger partial charge in [0.1, 0.15) is 0 Å². The Morgan fingerprint density at radius 3 is 2.74 bits per heavy atom. The van der Waals surface area contributed by atoms with Gasteiger partial charge in [0.2, 0.25) is 5.91 Å². The Bertz CT molecular complexity index is 661. The summed E-state index contributed by atoms with van der Waals surface area (Å²) in [7, 11) is 0. The number of rotatable bonds is 5. The molecule has 3 N–H and O–H groups in total. The van der Waals surface area contributed by atoms with E-state index in [9.17, 15) is 18.0 Å². The maximum Gasteiger partial charge on any atom is 0.416 e. The summed E-state index contributed by atoms with van der Waals surface area (Å²) >= 11 is 1.23. The molecule has 1 amide bonds. The number of hydrogen-bond acceptors (Lipinski definition) is 4. The quantitative estimate of drug-likeness (QED) is 0.852. The van der Waals surface area contributed by atoms with Gasteiger partial charge in [-0.3, -0.25) is 4.79 Å². The molecule has 0 spiro atoms. The lowest BCUT2D eigenvalue weighted by atomic mass is 10.1. The summed E-state index contributed by atoms with van der Waals surface area (Å²) in [6.07, 6.45) is -2.29. The molecule has 2 aromatic rings. The SMILES string of the molecule is Cl.NCCC(=O)Nc1ncc(Cc2cccc(C(F)(F)F)c2)s1. The van der Waals surface area contributed by atoms with Crippen LogP contribution < -0.4 is 11.1 Å². The Kier molecular flexibility index (Phi) is 6.99. The van der Waals surface area contributed by atoms with Crippen molar-refractivity contribution in [2.75, 3.05) is 11.9 Å². The molecule has 0 radical (unpaired) electrons. The molecule has 1 aromatic heterocycles. The maximum absolute atomic E-state index is 12.7. The van der Waals surface area contributed by atoms with Gasteiger partial charge in [0.05, 0.1) is 5.56 Å². The van der Waals surface area contributed by atoms with Crippen LogP contribution in [0.2, 0.25) is 0 Å². The van der Waals surface area contributed by atoms with E-state index in [0.29, 0.717) is 17.1 Å². The summed E-state index contributed by atoms with van der Waals surface area (Å²) in [5.41, 5.74) is 5.14. The number of thiazole rings is 1. The molecule has 1 heterocycles. The third kappa shape index (κ3) is 5.81. The minimum atomic E-state index is -4.36. The van der Waals surface area contributed by atoms with Crippen LogP contribution in [0.1, 0.15) is 22.4 Å². The zero-order valence-corrected chi connectivity index (χ0v) is 13.5. The number of hydrogen-bond donors (Lipinski definition) is 2. The van der Waals surface area contributed by atoms with Crippen molar-refractivity contribution in [3.63, 3.8) is 0 Å². The largest absolute Gasteiger partial charge is 0.416 e. The predicted molar refractivity (Wildman–Crippen MR) is 85.9 cm³/mol. The van der Waals surface area contributed by atoms with Gasteiger partial charge in [-0.15, -0.1) is 23.7 Å². The number of aromatic nitrogens is 1. The fraction of sp³-hybridized carbons (Fsp3) is 0.286. The van der Waals surface area contributed by atoms with Crippen LogP contribution in [0.4, 0.5) is 18.3 Å². The fourth-order valence-corrected chi connectivity index (χ4v) is 2.68. The van der Waals surface area contributed by atoms with Crippen LogP contribution in [0.3, 0.4) is 0 Å². The molecule has 1 aromatic carbocycles. The number of nitrogens with one attached hydrogen (secondary N) is 1. The normalized spacial score (nSPS) is 11.0. The van der Waals surface area contributed by atoms with Crippen molar-refractivity contribution in [3.05, 3.63) is 46.5 Å². The van der Waals surface area contributed by atoms with Gasteiger partial charge in [-0.25, -0.2) is 4.98 Å². The summed E-state index contributed by atoms with van der Waals surface area (Å²) in [4.78, 5) is 16.2. The monoisotopic (exact) mass is 365 g/mol. The zero-order chi connectivity index (χ0) is 16.2. The Balaban J connectivity index is 0.00000264. The highest BCUT2D eigenvalue weighted by molar-refractivity contribution is 7.15. The number of anilines is 1. The minimum Gasteiger partial charge on any atom is -0.330 e. The number of nitrogens with two attached hydrogens (primary N) is 1. The van der Waals surface area contributed by atoms with Crippen LogP contribution in [0.15, 0.2) is 30.5 Å². The molecule has 126 valence electrons. The topological polar surface area (TPSA) is 68.0 Å². The predicted octanol–water partition coefficient (Wildman–Crippen LogP) is 3.46. The van der Waals surface area contributed by atoms with E-state index in [2.05, 4.69) is 10.3 Å². The van der Waals surface area contributed by atoms with Gasteiger partial charge in [-0.2, -0.15) is 13.2 Å². The molecule has 0 bridgehead atoms. The highest BCUT2D eigenvalue weighted by Gasteiger charge is 2.30. The van der Waals surface area contributed by atoms with Crippen molar-refractivity contribution in [3.8, 4) is 0 Å². The number of benzene rings is 1. The van der Waals surface area contributed by atoms with Crippen molar-refractivity contribution in [1.29, 1.82) is 0 Å². The molecule has 4 nitrogen and oxygen atoms in total. The average Bonchev–Trinajstić information content (AvgIpc) is 2.85. The molecular weight excluding hydrogens is 351 g/mol. The minimum absolute atomic E-state index is 0. The van der Waals surface area contributed by atoms with E-state index in [1.54, 1.807) is 12.3 Å². The van der Waals surface area contributed by atoms with Gasteiger partial charge in [0.25, 0.3) is 0 Å². The summed E-state index contributed by atoms with van der Waals surface area (Å²) < 4.78 is 38.0. The van der Waals surface area contributed by atoms with Crippen molar-refractivity contribution in [2.45, 2.75) is 19.0 Å². The Morgan fingerprint density at radius 2 is 2.09 bits per heavy atom. The number of carbonyl (C=O) groups excluding carboxylic acids is 1. The van der Waals surface area contributed by atoms with Crippen LogP contribution >= 0.6 is 23.7 Å². The first kappa shape index (κ1) is 19.4. The molecule has 0 aliphatic rings. The summed E-state index contributed by atoms with van der Waals surface area (Å²) in [6.45, 7) is 0.244. The maximum atomic E-state index is 12.7. The van der Waals surface area contributed by atoms with Gasteiger partial charge < -0.3 is 11.1 Å². The first-order valence-electron chi connectivity index (χ1n) is 6.49. The Hall–Kier alpha value is -1.64. The molecule has 9 heteroatoms. The Morgan fingerprint density at radius 1 is 1.35 bits per heavy atom. The van der Waals surface area contributed by atoms with Crippen LogP contribution in [0, 0.1) is 0 Å². The molecule has 0 saturated carbocycles. The summed E-state index contributed by atoms with van der Waals surface area (Å²) in [5.74, 6) is -0.234. The molecule has 0 unspecified atom stereocenters. The number of halogens is 4. The second-order valence-electron chi connectivity index (χ2n) is 4.59. The number of nitrogens with zero attached hydrogens (tertiary/aromatic N) is 1. The Labute approximate surface area is 141 Å². The van der Waals surface area contributed by atoms with Crippen LogP contribution in [0.25, 0.3) is 0 Å². The molecule has 0 saturated heterocycles. The van der Waals surface area contributed by atoms with Crippen molar-refractivity contribution >= 4 is 34.8 Å². The highest BCUT2D eigenvalue weighted by Crippen LogP contribution is 2.30. The molecule has 0 atom stereocenters. The molecule has 0 fully saturated rings. The van der Waals surface area contributed by atoms with E-state index in [4.69, 9.17) is 5.73 Å². The van der Waals surface area contributed by atoms with Gasteiger partial charge in [0.15, 0.2) is 5.13 Å². The third-order valence-electron chi connectivity index (χ3n) is 2.80. The van der Waals surface area contributed by atoms with Crippen molar-refractivity contribution in [2.24, 2.45) is 5.73 Å². The van der Waals surface area contributed by atoms with Gasteiger partial charge in [-0.05, 0) is 11.6 Å². The lowest BCUT2D eigenvalue weighted by Gasteiger charge is -2.07. The zero-order valence-electron chi connectivity index (χ0n) is 11.9. The van der Waals surface area contributed by atoms with Crippen molar-refractivity contribution < 1.29 is 18.0 Å². The molecular formula is C14H15ClF3N3OS. The average molecular weight is 366 g/mol. The van der Waals surface area contributed by atoms with Crippen LogP contribution in [-0.2, 0) is 17.4 Å².